The molecule has 0 radical (unpaired) electrons. The fourth-order valence-electron chi connectivity index (χ4n) is 5.14. The second kappa shape index (κ2) is 6.56. The molecule has 1 aromatic rings. The topological polar surface area (TPSA) is 78.5 Å². The van der Waals surface area contributed by atoms with Crippen LogP contribution in [0.5, 0.6) is 0 Å². The Kier molecular flexibility index (Phi) is 4.55. The molecule has 2 saturated heterocycles. The number of anilines is 1. The number of hydrogen-bond donors (Lipinski definition) is 2. The average molecular weight is 404 g/mol. The number of rotatable bonds is 4. The van der Waals surface area contributed by atoms with Crippen LogP contribution in [0.4, 0.5) is 5.69 Å². The van der Waals surface area contributed by atoms with Crippen molar-refractivity contribution in [3.63, 3.8) is 0 Å². The number of amides is 3. The first kappa shape index (κ1) is 19.4. The Morgan fingerprint density at radius 1 is 1.18 bits per heavy atom. The third-order valence-electron chi connectivity index (χ3n) is 6.49. The van der Waals surface area contributed by atoms with Crippen molar-refractivity contribution >= 4 is 35.0 Å². The van der Waals surface area contributed by atoms with Crippen LogP contribution in [0, 0.1) is 17.8 Å². The van der Waals surface area contributed by atoms with Crippen molar-refractivity contribution in [1.29, 1.82) is 0 Å². The van der Waals surface area contributed by atoms with E-state index in [0.29, 0.717) is 35.0 Å². The number of nitrogens with one attached hydrogen (secondary N) is 2. The molecule has 3 aliphatic rings. The number of halogens is 1. The quantitative estimate of drug-likeness (QED) is 0.757. The molecule has 6 nitrogen and oxygen atoms in total. The third kappa shape index (κ3) is 2.40. The summed E-state index contributed by atoms with van der Waals surface area (Å²) in [5.41, 5.74) is -0.0503. The van der Waals surface area contributed by atoms with Gasteiger partial charge < -0.3 is 5.32 Å². The molecule has 3 amide bonds. The lowest BCUT2D eigenvalue weighted by Crippen LogP contribution is -2.54. The van der Waals surface area contributed by atoms with Crippen LogP contribution < -0.4 is 10.6 Å². The van der Waals surface area contributed by atoms with Gasteiger partial charge in [-0.05, 0) is 31.7 Å². The molecule has 5 atom stereocenters. The van der Waals surface area contributed by atoms with Crippen molar-refractivity contribution in [3.05, 3.63) is 28.8 Å². The normalized spacial score (nSPS) is 32.3. The molecular formula is C21H26ClN3O3. The maximum atomic E-state index is 13.5. The molecule has 1 spiro atoms. The molecule has 3 heterocycles. The van der Waals surface area contributed by atoms with Gasteiger partial charge in [-0.15, -0.1) is 0 Å². The van der Waals surface area contributed by atoms with E-state index < -0.39 is 17.4 Å². The van der Waals surface area contributed by atoms with Crippen LogP contribution in [-0.4, -0.2) is 34.7 Å². The molecule has 4 rings (SSSR count). The van der Waals surface area contributed by atoms with Crippen molar-refractivity contribution in [2.75, 3.05) is 5.32 Å². The van der Waals surface area contributed by atoms with Gasteiger partial charge in [-0.3, -0.25) is 24.6 Å². The van der Waals surface area contributed by atoms with Gasteiger partial charge in [0, 0.05) is 17.6 Å². The molecule has 7 heteroatoms. The largest absolute Gasteiger partial charge is 0.323 e. The predicted molar refractivity (Wildman–Crippen MR) is 107 cm³/mol. The zero-order valence-corrected chi connectivity index (χ0v) is 17.3. The molecular weight excluding hydrogens is 378 g/mol. The molecule has 0 aromatic heterocycles. The molecule has 0 saturated carbocycles. The number of benzene rings is 1. The van der Waals surface area contributed by atoms with E-state index in [2.05, 4.69) is 24.5 Å². The first-order chi connectivity index (χ1) is 13.2. The average Bonchev–Trinajstić information content (AvgIpc) is 3.21. The summed E-state index contributed by atoms with van der Waals surface area (Å²) in [5.74, 6) is -1.70. The molecule has 28 heavy (non-hydrogen) atoms. The molecule has 0 unspecified atom stereocenters. The molecule has 2 N–H and O–H groups in total. The van der Waals surface area contributed by atoms with Crippen molar-refractivity contribution in [1.82, 2.24) is 10.2 Å². The maximum Gasteiger partial charge on any atom is 0.250 e. The van der Waals surface area contributed by atoms with E-state index in [1.807, 2.05) is 19.9 Å². The molecule has 1 aromatic carbocycles. The van der Waals surface area contributed by atoms with Crippen molar-refractivity contribution in [2.24, 2.45) is 17.8 Å². The molecule has 150 valence electrons. The second-order valence-corrected chi connectivity index (χ2v) is 9.02. The zero-order valence-electron chi connectivity index (χ0n) is 16.6. The fraction of sp³-hybridized carbons (Fsp3) is 0.571. The van der Waals surface area contributed by atoms with Gasteiger partial charge in [0.25, 0.3) is 0 Å². The number of hydrogen-bond acceptors (Lipinski definition) is 4. The SMILES string of the molecule is CC[C@H](C)N1C(=O)[C@@H]2[C@H](CC(C)C)N[C@@]3(C(=O)Nc4c(Cl)cccc43)[C@@H]2C1=O. The lowest BCUT2D eigenvalue weighted by molar-refractivity contribution is -0.145. The predicted octanol–water partition coefficient (Wildman–Crippen LogP) is 2.91. The van der Waals surface area contributed by atoms with Gasteiger partial charge in [-0.2, -0.15) is 0 Å². The highest BCUT2D eigenvalue weighted by atomic mass is 35.5. The summed E-state index contributed by atoms with van der Waals surface area (Å²) in [4.78, 5) is 41.5. The fourth-order valence-corrected chi connectivity index (χ4v) is 5.36. The smallest absolute Gasteiger partial charge is 0.250 e. The number of nitrogens with zero attached hydrogens (tertiary/aromatic N) is 1. The zero-order chi connectivity index (χ0) is 20.4. The number of para-hydroxylation sites is 1. The standard InChI is InChI=1S/C21H26ClN3O3/c1-5-11(4)25-18(26)15-14(9-10(2)3)24-21(16(15)19(25)27)12-7-6-8-13(22)17(12)23-20(21)28/h6-8,10-11,14-16,24H,5,9H2,1-4H3,(H,23,28)/t11-,14-,15+,16-,21+/m0/s1. The molecule has 0 bridgehead atoms. The second-order valence-electron chi connectivity index (χ2n) is 8.61. The monoisotopic (exact) mass is 403 g/mol. The van der Waals surface area contributed by atoms with E-state index in [4.69, 9.17) is 11.6 Å². The van der Waals surface area contributed by atoms with Crippen molar-refractivity contribution in [3.8, 4) is 0 Å². The number of likely N-dealkylation sites (tertiary alicyclic amines) is 1. The maximum absolute atomic E-state index is 13.5. The third-order valence-corrected chi connectivity index (χ3v) is 6.81. The van der Waals surface area contributed by atoms with Gasteiger partial charge >= 0.3 is 0 Å². The number of carbonyl (C=O) groups is 3. The summed E-state index contributed by atoms with van der Waals surface area (Å²) in [6, 6.07) is 4.88. The van der Waals surface area contributed by atoms with Crippen LogP contribution >= 0.6 is 11.6 Å². The lowest BCUT2D eigenvalue weighted by Gasteiger charge is -2.31. The summed E-state index contributed by atoms with van der Waals surface area (Å²) >= 11 is 6.32. The summed E-state index contributed by atoms with van der Waals surface area (Å²) in [5, 5.41) is 6.73. The molecule has 3 aliphatic heterocycles. The van der Waals surface area contributed by atoms with E-state index in [-0.39, 0.29) is 29.8 Å². The van der Waals surface area contributed by atoms with E-state index in [1.165, 1.54) is 4.90 Å². The van der Waals surface area contributed by atoms with Gasteiger partial charge in [-0.1, -0.05) is 44.5 Å². The summed E-state index contributed by atoms with van der Waals surface area (Å²) in [6.07, 6.45) is 1.39. The Labute approximate surface area is 170 Å². The summed E-state index contributed by atoms with van der Waals surface area (Å²) < 4.78 is 0. The van der Waals surface area contributed by atoms with Crippen molar-refractivity contribution in [2.45, 2.75) is 58.2 Å². The minimum absolute atomic E-state index is 0.164. The number of imide groups is 1. The van der Waals surface area contributed by atoms with Crippen LogP contribution in [0.25, 0.3) is 0 Å². The Bertz CT molecular complexity index is 870. The Balaban J connectivity index is 1.89. The Morgan fingerprint density at radius 2 is 1.89 bits per heavy atom. The molecule has 2 fully saturated rings. The Hall–Kier alpha value is -1.92. The van der Waals surface area contributed by atoms with E-state index in [9.17, 15) is 14.4 Å². The van der Waals surface area contributed by atoms with Gasteiger partial charge in [0.15, 0.2) is 0 Å². The highest BCUT2D eigenvalue weighted by Gasteiger charge is 2.70. The van der Waals surface area contributed by atoms with Crippen LogP contribution in [0.1, 0.15) is 46.1 Å². The van der Waals surface area contributed by atoms with Gasteiger partial charge in [0.05, 0.1) is 22.5 Å². The Morgan fingerprint density at radius 3 is 2.54 bits per heavy atom. The first-order valence-corrected chi connectivity index (χ1v) is 10.4. The van der Waals surface area contributed by atoms with Crippen LogP contribution in [-0.2, 0) is 19.9 Å². The van der Waals surface area contributed by atoms with E-state index >= 15 is 0 Å². The highest BCUT2D eigenvalue weighted by molar-refractivity contribution is 6.35. The summed E-state index contributed by atoms with van der Waals surface area (Å²) in [7, 11) is 0. The number of fused-ring (bicyclic) bond motifs is 4. The molecule has 0 aliphatic carbocycles. The van der Waals surface area contributed by atoms with Crippen LogP contribution in [0.15, 0.2) is 18.2 Å². The van der Waals surface area contributed by atoms with E-state index in [0.717, 1.165) is 0 Å². The van der Waals surface area contributed by atoms with Gasteiger partial charge in [0.2, 0.25) is 17.7 Å². The lowest BCUT2D eigenvalue weighted by atomic mass is 9.76. The minimum atomic E-state index is -1.25. The highest BCUT2D eigenvalue weighted by Crippen LogP contribution is 2.55. The van der Waals surface area contributed by atoms with Crippen LogP contribution in [0.3, 0.4) is 0 Å². The van der Waals surface area contributed by atoms with E-state index in [1.54, 1.807) is 12.1 Å². The first-order valence-electron chi connectivity index (χ1n) is 9.99. The van der Waals surface area contributed by atoms with Crippen molar-refractivity contribution < 1.29 is 14.4 Å². The summed E-state index contributed by atoms with van der Waals surface area (Å²) in [6.45, 7) is 7.99. The van der Waals surface area contributed by atoms with Crippen LogP contribution in [0.2, 0.25) is 5.02 Å². The number of carbonyl (C=O) groups excluding carboxylic acids is 3. The van der Waals surface area contributed by atoms with Gasteiger partial charge in [0.1, 0.15) is 5.54 Å². The minimum Gasteiger partial charge on any atom is -0.323 e. The van der Waals surface area contributed by atoms with Gasteiger partial charge in [-0.25, -0.2) is 0 Å².